The lowest BCUT2D eigenvalue weighted by atomic mass is 10.1. The zero-order chi connectivity index (χ0) is 10.3. The van der Waals surface area contributed by atoms with Gasteiger partial charge in [-0.15, -0.1) is 5.10 Å². The Kier molecular flexibility index (Phi) is 1.49. The van der Waals surface area contributed by atoms with E-state index in [2.05, 4.69) is 20.6 Å². The van der Waals surface area contributed by atoms with Gasteiger partial charge in [0.25, 0.3) is 0 Å². The van der Waals surface area contributed by atoms with Crippen LogP contribution < -0.4 is 5.84 Å². The number of aromatic amines is 1. The van der Waals surface area contributed by atoms with E-state index < -0.39 is 0 Å². The number of aromatic nitrogens is 5. The van der Waals surface area contributed by atoms with Crippen molar-refractivity contribution in [2.24, 2.45) is 0 Å². The van der Waals surface area contributed by atoms with Crippen LogP contribution in [0.5, 0.6) is 0 Å². The zero-order valence-corrected chi connectivity index (χ0v) is 7.75. The number of nitrogens with one attached hydrogen (secondary N) is 1. The summed E-state index contributed by atoms with van der Waals surface area (Å²) in [6.07, 6.45) is 1.80. The second-order valence-electron chi connectivity index (χ2n) is 3.21. The summed E-state index contributed by atoms with van der Waals surface area (Å²) in [4.78, 5) is 0. The maximum absolute atomic E-state index is 5.75. The highest BCUT2D eigenvalue weighted by Gasteiger charge is 2.08. The molecule has 0 spiro atoms. The SMILES string of the molecule is Nn1ccc2c(-c3nnn[nH]3)cccc21. The first kappa shape index (κ1) is 7.98. The number of benzene rings is 1. The minimum atomic E-state index is 0.645. The fourth-order valence-corrected chi connectivity index (χ4v) is 1.67. The van der Waals surface area contributed by atoms with Gasteiger partial charge in [0, 0.05) is 17.1 Å². The minimum absolute atomic E-state index is 0.645. The highest BCUT2D eigenvalue weighted by Crippen LogP contribution is 2.25. The van der Waals surface area contributed by atoms with Gasteiger partial charge >= 0.3 is 0 Å². The third-order valence-corrected chi connectivity index (χ3v) is 2.36. The Morgan fingerprint density at radius 3 is 3.00 bits per heavy atom. The van der Waals surface area contributed by atoms with Crippen LogP contribution >= 0.6 is 0 Å². The lowest BCUT2D eigenvalue weighted by Crippen LogP contribution is -2.04. The largest absolute Gasteiger partial charge is 0.339 e. The molecule has 0 aliphatic heterocycles. The maximum Gasteiger partial charge on any atom is 0.180 e. The summed E-state index contributed by atoms with van der Waals surface area (Å²) in [5.74, 6) is 6.40. The van der Waals surface area contributed by atoms with E-state index >= 15 is 0 Å². The van der Waals surface area contributed by atoms with E-state index in [1.807, 2.05) is 24.3 Å². The van der Waals surface area contributed by atoms with Crippen LogP contribution in [0.1, 0.15) is 0 Å². The Morgan fingerprint density at radius 2 is 2.20 bits per heavy atom. The molecule has 0 atom stereocenters. The van der Waals surface area contributed by atoms with Crippen LogP contribution in [0.3, 0.4) is 0 Å². The number of nitrogens with two attached hydrogens (primary N) is 1. The van der Waals surface area contributed by atoms with E-state index in [1.54, 1.807) is 10.9 Å². The quantitative estimate of drug-likeness (QED) is 0.561. The molecule has 0 radical (unpaired) electrons. The Balaban J connectivity index is 2.36. The topological polar surface area (TPSA) is 85.4 Å². The maximum atomic E-state index is 5.75. The molecule has 0 aliphatic rings. The van der Waals surface area contributed by atoms with Gasteiger partial charge in [0.15, 0.2) is 5.82 Å². The Morgan fingerprint density at radius 1 is 1.27 bits per heavy atom. The predicted octanol–water partition coefficient (Wildman–Crippen LogP) is 0.535. The molecule has 3 rings (SSSR count). The van der Waals surface area contributed by atoms with Crippen LogP contribution in [0.25, 0.3) is 22.3 Å². The molecule has 0 aliphatic carbocycles. The molecule has 6 nitrogen and oxygen atoms in total. The van der Waals surface area contributed by atoms with Gasteiger partial charge in [-0.25, -0.2) is 5.10 Å². The molecule has 3 N–H and O–H groups in total. The fourth-order valence-electron chi connectivity index (χ4n) is 1.67. The molecule has 0 saturated heterocycles. The highest BCUT2D eigenvalue weighted by atomic mass is 15.5. The molecule has 74 valence electrons. The Hall–Kier alpha value is -2.37. The molecule has 0 fully saturated rings. The molecule has 15 heavy (non-hydrogen) atoms. The minimum Gasteiger partial charge on any atom is -0.339 e. The summed E-state index contributed by atoms with van der Waals surface area (Å²) in [7, 11) is 0. The molecule has 3 aromatic rings. The average Bonchev–Trinajstić information content (AvgIpc) is 2.88. The normalized spacial score (nSPS) is 10.9. The van der Waals surface area contributed by atoms with Gasteiger partial charge in [0.1, 0.15) is 0 Å². The van der Waals surface area contributed by atoms with Crippen LogP contribution in [0.15, 0.2) is 30.5 Å². The van der Waals surface area contributed by atoms with E-state index in [-0.39, 0.29) is 0 Å². The second-order valence-corrected chi connectivity index (χ2v) is 3.21. The van der Waals surface area contributed by atoms with Crippen molar-refractivity contribution in [3.8, 4) is 11.4 Å². The first-order valence-corrected chi connectivity index (χ1v) is 4.45. The van der Waals surface area contributed by atoms with Gasteiger partial charge in [0.2, 0.25) is 0 Å². The number of nitrogen functional groups attached to an aromatic ring is 1. The van der Waals surface area contributed by atoms with Crippen molar-refractivity contribution in [1.82, 2.24) is 25.3 Å². The molecule has 6 heteroatoms. The number of hydrogen-bond acceptors (Lipinski definition) is 4. The summed E-state index contributed by atoms with van der Waals surface area (Å²) >= 11 is 0. The van der Waals surface area contributed by atoms with Crippen LogP contribution in [-0.2, 0) is 0 Å². The highest BCUT2D eigenvalue weighted by molar-refractivity contribution is 5.93. The molecule has 0 amide bonds. The third kappa shape index (κ3) is 1.08. The number of H-pyrrole nitrogens is 1. The number of fused-ring (bicyclic) bond motifs is 1. The molecule has 0 bridgehead atoms. The van der Waals surface area contributed by atoms with Crippen LogP contribution in [0.2, 0.25) is 0 Å². The van der Waals surface area contributed by atoms with Crippen molar-refractivity contribution in [2.45, 2.75) is 0 Å². The monoisotopic (exact) mass is 200 g/mol. The first-order valence-electron chi connectivity index (χ1n) is 4.45. The summed E-state index contributed by atoms with van der Waals surface area (Å²) in [6.45, 7) is 0. The van der Waals surface area contributed by atoms with Crippen molar-refractivity contribution >= 4 is 10.9 Å². The third-order valence-electron chi connectivity index (χ3n) is 2.36. The summed E-state index contributed by atoms with van der Waals surface area (Å²) in [5.41, 5.74) is 1.89. The van der Waals surface area contributed by atoms with Gasteiger partial charge < -0.3 is 5.84 Å². The average molecular weight is 200 g/mol. The second kappa shape index (κ2) is 2.81. The van der Waals surface area contributed by atoms with Gasteiger partial charge in [0.05, 0.1) is 5.52 Å². The lowest BCUT2D eigenvalue weighted by Gasteiger charge is -1.99. The first-order chi connectivity index (χ1) is 7.36. The van der Waals surface area contributed by atoms with Crippen molar-refractivity contribution in [1.29, 1.82) is 0 Å². The van der Waals surface area contributed by atoms with Crippen molar-refractivity contribution in [3.63, 3.8) is 0 Å². The van der Waals surface area contributed by atoms with Crippen molar-refractivity contribution < 1.29 is 0 Å². The zero-order valence-electron chi connectivity index (χ0n) is 7.75. The molecule has 2 heterocycles. The van der Waals surface area contributed by atoms with E-state index in [1.165, 1.54) is 0 Å². The molecule has 0 saturated carbocycles. The number of tetrazole rings is 1. The van der Waals surface area contributed by atoms with Gasteiger partial charge in [-0.2, -0.15) is 0 Å². The molecular formula is C9H8N6. The Labute approximate surface area is 84.7 Å². The smallest absolute Gasteiger partial charge is 0.180 e. The van der Waals surface area contributed by atoms with Crippen LogP contribution in [0, 0.1) is 0 Å². The number of nitrogens with zero attached hydrogens (tertiary/aromatic N) is 4. The number of rotatable bonds is 1. The van der Waals surface area contributed by atoms with E-state index in [0.29, 0.717) is 5.82 Å². The van der Waals surface area contributed by atoms with Crippen LogP contribution in [0.4, 0.5) is 0 Å². The van der Waals surface area contributed by atoms with Gasteiger partial charge in [-0.05, 0) is 22.6 Å². The van der Waals surface area contributed by atoms with Crippen molar-refractivity contribution in [2.75, 3.05) is 5.84 Å². The molecule has 2 aromatic heterocycles. The van der Waals surface area contributed by atoms with Gasteiger partial charge in [-0.1, -0.05) is 12.1 Å². The van der Waals surface area contributed by atoms with Crippen LogP contribution in [-0.4, -0.2) is 25.3 Å². The molecule has 1 aromatic carbocycles. The summed E-state index contributed by atoms with van der Waals surface area (Å²) in [6, 6.07) is 7.75. The standard InChI is InChI=1S/C9H8N6/c10-15-5-4-6-7(2-1-3-8(6)15)9-11-13-14-12-9/h1-5H,10H2,(H,11,12,13,14). The van der Waals surface area contributed by atoms with Crippen molar-refractivity contribution in [3.05, 3.63) is 30.5 Å². The molecular weight excluding hydrogens is 192 g/mol. The fraction of sp³-hybridized carbons (Fsp3) is 0. The number of hydrogen-bond donors (Lipinski definition) is 2. The van der Waals surface area contributed by atoms with Gasteiger partial charge in [-0.3, -0.25) is 4.68 Å². The molecule has 0 unspecified atom stereocenters. The van der Waals surface area contributed by atoms with E-state index in [4.69, 9.17) is 5.84 Å². The van der Waals surface area contributed by atoms with E-state index in [0.717, 1.165) is 16.5 Å². The summed E-state index contributed by atoms with van der Waals surface area (Å²) < 4.78 is 1.57. The Bertz CT molecular complexity index is 594. The summed E-state index contributed by atoms with van der Waals surface area (Å²) in [5, 5.41) is 14.7. The predicted molar refractivity (Wildman–Crippen MR) is 55.3 cm³/mol. The van der Waals surface area contributed by atoms with E-state index in [9.17, 15) is 0 Å². The lowest BCUT2D eigenvalue weighted by molar-refractivity contribution is 0.881.